The number of hydrogen-bond acceptors (Lipinski definition) is 3. The molecule has 0 aliphatic carbocycles. The Morgan fingerprint density at radius 3 is 2.47 bits per heavy atom. The van der Waals surface area contributed by atoms with Gasteiger partial charge in [-0.3, -0.25) is 0 Å². The highest BCUT2D eigenvalue weighted by Crippen LogP contribution is 2.01. The first-order valence-electron chi connectivity index (χ1n) is 5.86. The number of sulfonamides is 1. The molecule has 0 fully saturated rings. The fourth-order valence-corrected chi connectivity index (χ4v) is 2.50. The van der Waals surface area contributed by atoms with Crippen LogP contribution in [-0.4, -0.2) is 33.8 Å². The van der Waals surface area contributed by atoms with Gasteiger partial charge in [0.1, 0.15) is 0 Å². The molecule has 0 amide bonds. The van der Waals surface area contributed by atoms with E-state index < -0.39 is 10.0 Å². The van der Waals surface area contributed by atoms with Gasteiger partial charge in [0.25, 0.3) is 0 Å². The largest absolute Gasteiger partial charge is 0.316 e. The van der Waals surface area contributed by atoms with Crippen molar-refractivity contribution in [3.8, 4) is 0 Å². The number of likely N-dealkylation sites (N-methyl/N-ethyl adjacent to an activating group) is 1. The molecule has 0 unspecified atom stereocenters. The molecule has 0 heterocycles. The lowest BCUT2D eigenvalue weighted by Gasteiger charge is -2.06. The third kappa shape index (κ3) is 6.41. The quantitative estimate of drug-likeness (QED) is 0.675. The van der Waals surface area contributed by atoms with Crippen molar-refractivity contribution in [1.82, 2.24) is 10.0 Å². The van der Waals surface area contributed by atoms with Crippen LogP contribution in [0.15, 0.2) is 30.3 Å². The Kier molecular flexibility index (Phi) is 6.18. The normalized spacial score (nSPS) is 11.6. The van der Waals surface area contributed by atoms with Crippen LogP contribution in [0.2, 0.25) is 0 Å². The van der Waals surface area contributed by atoms with E-state index in [1.54, 1.807) is 0 Å². The number of aryl methyl sites for hydroxylation is 1. The highest BCUT2D eigenvalue weighted by atomic mass is 32.2. The summed E-state index contributed by atoms with van der Waals surface area (Å²) in [5.74, 6) is 0.142. The van der Waals surface area contributed by atoms with Crippen LogP contribution in [-0.2, 0) is 16.4 Å². The van der Waals surface area contributed by atoms with Gasteiger partial charge in [-0.15, -0.1) is 0 Å². The average Bonchev–Trinajstić information content (AvgIpc) is 2.34. The van der Waals surface area contributed by atoms with E-state index in [1.165, 1.54) is 0 Å². The van der Waals surface area contributed by atoms with Crippen molar-refractivity contribution >= 4 is 10.0 Å². The van der Waals surface area contributed by atoms with Crippen LogP contribution < -0.4 is 10.0 Å². The van der Waals surface area contributed by atoms with Gasteiger partial charge in [0.15, 0.2) is 0 Å². The molecular formula is C12H20N2O2S. The molecule has 0 atom stereocenters. The Balaban J connectivity index is 2.30. The Morgan fingerprint density at radius 2 is 1.82 bits per heavy atom. The summed E-state index contributed by atoms with van der Waals surface area (Å²) in [5.41, 5.74) is 1.05. The lowest BCUT2D eigenvalue weighted by Crippen LogP contribution is -2.33. The van der Waals surface area contributed by atoms with E-state index in [2.05, 4.69) is 10.0 Å². The topological polar surface area (TPSA) is 58.2 Å². The van der Waals surface area contributed by atoms with Gasteiger partial charge >= 0.3 is 0 Å². The second-order valence-electron chi connectivity index (χ2n) is 3.80. The third-order valence-electron chi connectivity index (χ3n) is 2.38. The molecule has 1 aromatic rings. The number of benzene rings is 1. The molecular weight excluding hydrogens is 236 g/mol. The minimum Gasteiger partial charge on any atom is -0.316 e. The average molecular weight is 256 g/mol. The molecule has 2 N–H and O–H groups in total. The van der Waals surface area contributed by atoms with Crippen molar-refractivity contribution in [2.24, 2.45) is 0 Å². The minimum atomic E-state index is -3.15. The first-order chi connectivity index (χ1) is 8.14. The second-order valence-corrected chi connectivity index (χ2v) is 5.73. The maximum atomic E-state index is 11.6. The van der Waals surface area contributed by atoms with Crippen LogP contribution in [0, 0.1) is 0 Å². The summed E-state index contributed by atoms with van der Waals surface area (Å²) < 4.78 is 25.8. The van der Waals surface area contributed by atoms with Crippen molar-refractivity contribution in [2.75, 3.05) is 25.4 Å². The summed E-state index contributed by atoms with van der Waals surface area (Å²) in [4.78, 5) is 0. The zero-order valence-corrected chi connectivity index (χ0v) is 11.0. The molecule has 0 aliphatic heterocycles. The van der Waals surface area contributed by atoms with Gasteiger partial charge in [-0.05, 0) is 18.5 Å². The van der Waals surface area contributed by atoms with Crippen LogP contribution in [0.5, 0.6) is 0 Å². The predicted molar refractivity (Wildman–Crippen MR) is 70.5 cm³/mol. The zero-order valence-electron chi connectivity index (χ0n) is 10.1. The van der Waals surface area contributed by atoms with E-state index in [-0.39, 0.29) is 5.75 Å². The summed E-state index contributed by atoms with van der Waals surface area (Å²) in [7, 11) is -3.15. The van der Waals surface area contributed by atoms with E-state index in [1.807, 2.05) is 37.3 Å². The van der Waals surface area contributed by atoms with Crippen molar-refractivity contribution in [2.45, 2.75) is 13.3 Å². The predicted octanol–water partition coefficient (Wildman–Crippen LogP) is 0.758. The van der Waals surface area contributed by atoms with E-state index in [0.717, 1.165) is 12.1 Å². The van der Waals surface area contributed by atoms with E-state index in [4.69, 9.17) is 0 Å². The first-order valence-corrected chi connectivity index (χ1v) is 7.51. The van der Waals surface area contributed by atoms with E-state index >= 15 is 0 Å². The van der Waals surface area contributed by atoms with E-state index in [9.17, 15) is 8.42 Å². The van der Waals surface area contributed by atoms with Gasteiger partial charge in [0.2, 0.25) is 10.0 Å². The number of hydrogen-bond donors (Lipinski definition) is 2. The van der Waals surface area contributed by atoms with Crippen molar-refractivity contribution in [1.29, 1.82) is 0 Å². The van der Waals surface area contributed by atoms with E-state index in [0.29, 0.717) is 19.5 Å². The minimum absolute atomic E-state index is 0.142. The number of nitrogens with one attached hydrogen (secondary N) is 2. The van der Waals surface area contributed by atoms with Gasteiger partial charge in [-0.25, -0.2) is 13.1 Å². The standard InChI is InChI=1S/C12H20N2O2S/c1-2-13-9-10-14-17(15,16)11-8-12-6-4-3-5-7-12/h3-7,13-14H,2,8-11H2,1H3. The summed E-state index contributed by atoms with van der Waals surface area (Å²) in [6, 6.07) is 9.64. The van der Waals surface area contributed by atoms with Crippen molar-refractivity contribution in [3.05, 3.63) is 35.9 Å². The summed E-state index contributed by atoms with van der Waals surface area (Å²) >= 11 is 0. The zero-order chi connectivity index (χ0) is 12.6. The van der Waals surface area contributed by atoms with Gasteiger partial charge in [0.05, 0.1) is 5.75 Å². The molecule has 0 spiro atoms. The van der Waals surface area contributed by atoms with Crippen LogP contribution in [0.25, 0.3) is 0 Å². The van der Waals surface area contributed by atoms with Crippen molar-refractivity contribution < 1.29 is 8.42 Å². The Bertz CT molecular complexity index is 404. The molecule has 1 aromatic carbocycles. The molecule has 0 saturated carbocycles. The summed E-state index contributed by atoms with van der Waals surface area (Å²) in [6.45, 7) is 3.96. The van der Waals surface area contributed by atoms with Gasteiger partial charge < -0.3 is 5.32 Å². The van der Waals surface area contributed by atoms with Crippen LogP contribution in [0.1, 0.15) is 12.5 Å². The molecule has 1 rings (SSSR count). The second kappa shape index (κ2) is 7.42. The van der Waals surface area contributed by atoms with Crippen molar-refractivity contribution in [3.63, 3.8) is 0 Å². The van der Waals surface area contributed by atoms with Gasteiger partial charge in [-0.1, -0.05) is 37.3 Å². The highest BCUT2D eigenvalue weighted by Gasteiger charge is 2.08. The lowest BCUT2D eigenvalue weighted by molar-refractivity contribution is 0.576. The third-order valence-corrected chi connectivity index (χ3v) is 3.76. The molecule has 96 valence electrons. The molecule has 0 radical (unpaired) electrons. The maximum absolute atomic E-state index is 11.6. The molecule has 0 saturated heterocycles. The first kappa shape index (κ1) is 14.2. The monoisotopic (exact) mass is 256 g/mol. The van der Waals surface area contributed by atoms with Crippen LogP contribution >= 0.6 is 0 Å². The summed E-state index contributed by atoms with van der Waals surface area (Å²) in [6.07, 6.45) is 0.553. The van der Waals surface area contributed by atoms with Gasteiger partial charge in [-0.2, -0.15) is 0 Å². The fourth-order valence-electron chi connectivity index (χ4n) is 1.44. The molecule has 0 bridgehead atoms. The molecule has 17 heavy (non-hydrogen) atoms. The Labute approximate surface area is 103 Å². The Hall–Kier alpha value is -0.910. The maximum Gasteiger partial charge on any atom is 0.211 e. The SMILES string of the molecule is CCNCCNS(=O)(=O)CCc1ccccc1. The van der Waals surface area contributed by atoms with Crippen LogP contribution in [0.3, 0.4) is 0 Å². The Morgan fingerprint density at radius 1 is 1.12 bits per heavy atom. The molecule has 4 nitrogen and oxygen atoms in total. The van der Waals surface area contributed by atoms with Crippen LogP contribution in [0.4, 0.5) is 0 Å². The van der Waals surface area contributed by atoms with Gasteiger partial charge in [0, 0.05) is 13.1 Å². The lowest BCUT2D eigenvalue weighted by atomic mass is 10.2. The molecule has 0 aromatic heterocycles. The highest BCUT2D eigenvalue weighted by molar-refractivity contribution is 7.89. The number of rotatable bonds is 8. The molecule has 0 aliphatic rings. The fraction of sp³-hybridized carbons (Fsp3) is 0.500. The smallest absolute Gasteiger partial charge is 0.211 e. The molecule has 5 heteroatoms. The summed E-state index contributed by atoms with van der Waals surface area (Å²) in [5, 5.41) is 3.07.